The van der Waals surface area contributed by atoms with E-state index in [0.717, 1.165) is 22.7 Å². The van der Waals surface area contributed by atoms with Gasteiger partial charge in [0.1, 0.15) is 12.7 Å². The highest BCUT2D eigenvalue weighted by atomic mass is 32.1. The van der Waals surface area contributed by atoms with Crippen LogP contribution >= 0.6 is 12.2 Å². The summed E-state index contributed by atoms with van der Waals surface area (Å²) in [6.45, 7) is 3.14. The lowest BCUT2D eigenvalue weighted by Gasteiger charge is -2.27. The standard InChI is InChI=1S/C17H18N2O2S/c1-12-6-2-3-7-14(12)19-17(22)18-10-13-11-20-15-8-4-5-9-16(15)21-13/h2-9,13H,10-11H2,1H3,(H2,18,19,22). The van der Waals surface area contributed by atoms with E-state index in [1.165, 1.54) is 0 Å². The maximum absolute atomic E-state index is 5.88. The van der Waals surface area contributed by atoms with Gasteiger partial charge in [0.25, 0.3) is 0 Å². The highest BCUT2D eigenvalue weighted by Crippen LogP contribution is 2.30. The van der Waals surface area contributed by atoms with Crippen molar-refractivity contribution in [2.24, 2.45) is 0 Å². The van der Waals surface area contributed by atoms with Gasteiger partial charge in [0.05, 0.1) is 6.54 Å². The first-order valence-electron chi connectivity index (χ1n) is 7.21. The van der Waals surface area contributed by atoms with E-state index in [-0.39, 0.29) is 6.10 Å². The Morgan fingerprint density at radius 2 is 1.86 bits per heavy atom. The van der Waals surface area contributed by atoms with E-state index in [0.29, 0.717) is 18.3 Å². The number of hydrogen-bond donors (Lipinski definition) is 2. The molecule has 0 aliphatic carbocycles. The molecular weight excluding hydrogens is 296 g/mol. The molecule has 22 heavy (non-hydrogen) atoms. The molecule has 1 heterocycles. The minimum Gasteiger partial charge on any atom is -0.486 e. The third kappa shape index (κ3) is 3.49. The monoisotopic (exact) mass is 314 g/mol. The number of fused-ring (bicyclic) bond motifs is 1. The van der Waals surface area contributed by atoms with Crippen molar-refractivity contribution in [2.45, 2.75) is 13.0 Å². The van der Waals surface area contributed by atoms with E-state index in [4.69, 9.17) is 21.7 Å². The van der Waals surface area contributed by atoms with E-state index in [1.807, 2.05) is 55.5 Å². The number of aryl methyl sites for hydroxylation is 1. The van der Waals surface area contributed by atoms with Gasteiger partial charge in [-0.3, -0.25) is 0 Å². The minimum atomic E-state index is -0.0634. The summed E-state index contributed by atoms with van der Waals surface area (Å²) < 4.78 is 11.6. The van der Waals surface area contributed by atoms with E-state index >= 15 is 0 Å². The molecule has 1 aliphatic rings. The largest absolute Gasteiger partial charge is 0.486 e. The predicted molar refractivity (Wildman–Crippen MR) is 91.8 cm³/mol. The molecule has 1 aliphatic heterocycles. The fraction of sp³-hybridized carbons (Fsp3) is 0.235. The molecule has 0 radical (unpaired) electrons. The van der Waals surface area contributed by atoms with Gasteiger partial charge in [0.2, 0.25) is 0 Å². The Hall–Kier alpha value is -2.27. The molecule has 3 rings (SSSR count). The van der Waals surface area contributed by atoms with Crippen LogP contribution in [0.4, 0.5) is 5.69 Å². The Morgan fingerprint density at radius 3 is 2.68 bits per heavy atom. The molecule has 0 bridgehead atoms. The summed E-state index contributed by atoms with van der Waals surface area (Å²) in [5.41, 5.74) is 2.16. The van der Waals surface area contributed by atoms with Crippen LogP contribution in [0.3, 0.4) is 0 Å². The quantitative estimate of drug-likeness (QED) is 0.852. The van der Waals surface area contributed by atoms with Crippen LogP contribution < -0.4 is 20.1 Å². The third-order valence-electron chi connectivity index (χ3n) is 3.45. The first-order valence-corrected chi connectivity index (χ1v) is 7.62. The second-order valence-corrected chi connectivity index (χ2v) is 5.56. The minimum absolute atomic E-state index is 0.0634. The SMILES string of the molecule is Cc1ccccc1NC(=S)NCC1COc2ccccc2O1. The lowest BCUT2D eigenvalue weighted by molar-refractivity contribution is 0.0939. The number of benzene rings is 2. The molecule has 114 valence electrons. The third-order valence-corrected chi connectivity index (χ3v) is 3.70. The molecule has 2 aromatic carbocycles. The Morgan fingerprint density at radius 1 is 1.14 bits per heavy atom. The van der Waals surface area contributed by atoms with Gasteiger partial charge in [0, 0.05) is 5.69 Å². The molecule has 1 unspecified atom stereocenters. The number of thiocarbonyl (C=S) groups is 1. The number of rotatable bonds is 3. The first kappa shape index (κ1) is 14.7. The van der Waals surface area contributed by atoms with Crippen molar-refractivity contribution in [3.05, 3.63) is 54.1 Å². The molecule has 0 aromatic heterocycles. The molecule has 0 amide bonds. The fourth-order valence-corrected chi connectivity index (χ4v) is 2.44. The fourth-order valence-electron chi connectivity index (χ4n) is 2.25. The summed E-state index contributed by atoms with van der Waals surface area (Å²) in [6, 6.07) is 15.7. The summed E-state index contributed by atoms with van der Waals surface area (Å²) in [5, 5.41) is 6.95. The van der Waals surface area contributed by atoms with Gasteiger partial charge in [-0.25, -0.2) is 0 Å². The Balaban J connectivity index is 1.51. The maximum atomic E-state index is 5.88. The smallest absolute Gasteiger partial charge is 0.170 e. The summed E-state index contributed by atoms with van der Waals surface area (Å²) in [6.07, 6.45) is -0.0634. The lowest BCUT2D eigenvalue weighted by Crippen LogP contribution is -2.42. The van der Waals surface area contributed by atoms with E-state index < -0.39 is 0 Å². The van der Waals surface area contributed by atoms with Crippen molar-refractivity contribution in [1.29, 1.82) is 0 Å². The second-order valence-electron chi connectivity index (χ2n) is 5.15. The number of nitrogens with one attached hydrogen (secondary N) is 2. The van der Waals surface area contributed by atoms with E-state index in [1.54, 1.807) is 0 Å². The molecule has 4 nitrogen and oxygen atoms in total. The van der Waals surface area contributed by atoms with Crippen LogP contribution in [0.5, 0.6) is 11.5 Å². The van der Waals surface area contributed by atoms with Crippen molar-refractivity contribution in [3.63, 3.8) is 0 Å². The van der Waals surface area contributed by atoms with Gasteiger partial charge in [-0.2, -0.15) is 0 Å². The Bertz CT molecular complexity index is 675. The second kappa shape index (κ2) is 6.66. The van der Waals surface area contributed by atoms with Gasteiger partial charge in [-0.15, -0.1) is 0 Å². The molecule has 0 fully saturated rings. The van der Waals surface area contributed by atoms with Crippen LogP contribution in [0.1, 0.15) is 5.56 Å². The van der Waals surface area contributed by atoms with Crippen molar-refractivity contribution in [3.8, 4) is 11.5 Å². The average molecular weight is 314 g/mol. The Kier molecular flexibility index (Phi) is 4.44. The topological polar surface area (TPSA) is 42.5 Å². The number of para-hydroxylation sites is 3. The molecular formula is C17H18N2O2S. The van der Waals surface area contributed by atoms with Gasteiger partial charge >= 0.3 is 0 Å². The average Bonchev–Trinajstić information content (AvgIpc) is 2.55. The zero-order valence-electron chi connectivity index (χ0n) is 12.3. The summed E-state index contributed by atoms with van der Waals surface area (Å²) in [5.74, 6) is 1.57. The van der Waals surface area contributed by atoms with Crippen molar-refractivity contribution < 1.29 is 9.47 Å². The van der Waals surface area contributed by atoms with Crippen LogP contribution in [0.15, 0.2) is 48.5 Å². The van der Waals surface area contributed by atoms with Crippen LogP contribution in [-0.2, 0) is 0 Å². The van der Waals surface area contributed by atoms with E-state index in [9.17, 15) is 0 Å². The first-order chi connectivity index (χ1) is 10.7. The molecule has 0 spiro atoms. The van der Waals surface area contributed by atoms with Crippen molar-refractivity contribution in [1.82, 2.24) is 5.32 Å². The molecule has 2 N–H and O–H groups in total. The van der Waals surface area contributed by atoms with Crippen LogP contribution in [0.25, 0.3) is 0 Å². The summed E-state index contributed by atoms with van der Waals surface area (Å²) >= 11 is 5.32. The van der Waals surface area contributed by atoms with Crippen LogP contribution in [-0.4, -0.2) is 24.4 Å². The van der Waals surface area contributed by atoms with Gasteiger partial charge < -0.3 is 20.1 Å². The zero-order valence-corrected chi connectivity index (χ0v) is 13.2. The predicted octanol–water partition coefficient (Wildman–Crippen LogP) is 3.12. The highest BCUT2D eigenvalue weighted by molar-refractivity contribution is 7.80. The lowest BCUT2D eigenvalue weighted by atomic mass is 10.2. The zero-order chi connectivity index (χ0) is 15.4. The molecule has 0 saturated carbocycles. The number of hydrogen-bond acceptors (Lipinski definition) is 3. The molecule has 1 atom stereocenters. The Labute approximate surface area is 135 Å². The summed E-state index contributed by atoms with van der Waals surface area (Å²) in [4.78, 5) is 0. The molecule has 0 saturated heterocycles. The van der Waals surface area contributed by atoms with Crippen molar-refractivity contribution >= 4 is 23.0 Å². The maximum Gasteiger partial charge on any atom is 0.170 e. The normalized spacial score (nSPS) is 16.0. The number of ether oxygens (including phenoxy) is 2. The molecule has 2 aromatic rings. The number of anilines is 1. The van der Waals surface area contributed by atoms with Crippen LogP contribution in [0, 0.1) is 6.92 Å². The molecule has 5 heteroatoms. The van der Waals surface area contributed by atoms with Crippen molar-refractivity contribution in [2.75, 3.05) is 18.5 Å². The van der Waals surface area contributed by atoms with Gasteiger partial charge in [-0.1, -0.05) is 30.3 Å². The highest BCUT2D eigenvalue weighted by Gasteiger charge is 2.20. The van der Waals surface area contributed by atoms with E-state index in [2.05, 4.69) is 10.6 Å². The van der Waals surface area contributed by atoms with Gasteiger partial charge in [-0.05, 0) is 42.9 Å². The summed E-state index contributed by atoms with van der Waals surface area (Å²) in [7, 11) is 0. The van der Waals surface area contributed by atoms with Gasteiger partial charge in [0.15, 0.2) is 16.6 Å². The van der Waals surface area contributed by atoms with Crippen LogP contribution in [0.2, 0.25) is 0 Å².